The molecular formula is C27H25N3O4. The fourth-order valence-electron chi connectivity index (χ4n) is 3.08. The Bertz CT molecular complexity index is 1230. The van der Waals surface area contributed by atoms with Gasteiger partial charge in [-0.3, -0.25) is 9.59 Å². The van der Waals surface area contributed by atoms with Crippen LogP contribution in [-0.4, -0.2) is 25.0 Å². The van der Waals surface area contributed by atoms with Crippen LogP contribution in [-0.2, 0) is 9.59 Å². The summed E-state index contributed by atoms with van der Waals surface area (Å²) in [5.41, 5.74) is 2.79. The molecule has 3 rings (SSSR count). The van der Waals surface area contributed by atoms with E-state index in [1.54, 1.807) is 42.5 Å². The molecular weight excluding hydrogens is 430 g/mol. The molecule has 0 saturated heterocycles. The van der Waals surface area contributed by atoms with Gasteiger partial charge in [-0.1, -0.05) is 42.5 Å². The lowest BCUT2D eigenvalue weighted by Crippen LogP contribution is -2.20. The smallest absolute Gasteiger partial charge is 0.266 e. The van der Waals surface area contributed by atoms with Crippen molar-refractivity contribution in [1.82, 2.24) is 0 Å². The number of rotatable bonds is 9. The highest BCUT2D eigenvalue weighted by Gasteiger charge is 2.13. The summed E-state index contributed by atoms with van der Waals surface area (Å²) < 4.78 is 11.3. The van der Waals surface area contributed by atoms with E-state index < -0.39 is 5.91 Å². The summed E-state index contributed by atoms with van der Waals surface area (Å²) in [6.07, 6.45) is 1.47. The third-order valence-electron chi connectivity index (χ3n) is 4.75. The van der Waals surface area contributed by atoms with Crippen LogP contribution in [0.4, 0.5) is 11.4 Å². The van der Waals surface area contributed by atoms with Gasteiger partial charge in [0.2, 0.25) is 0 Å². The number of hydrogen-bond donors (Lipinski definition) is 2. The maximum Gasteiger partial charge on any atom is 0.266 e. The molecule has 7 heteroatoms. The van der Waals surface area contributed by atoms with E-state index in [1.807, 2.05) is 50.2 Å². The number of nitrogens with zero attached hydrogens (tertiary/aromatic N) is 1. The maximum atomic E-state index is 12.5. The van der Waals surface area contributed by atoms with Crippen LogP contribution >= 0.6 is 0 Å². The number of hydrogen-bond acceptors (Lipinski definition) is 5. The molecule has 0 bridgehead atoms. The van der Waals surface area contributed by atoms with E-state index >= 15 is 0 Å². The highest BCUT2D eigenvalue weighted by Crippen LogP contribution is 2.29. The molecule has 7 nitrogen and oxygen atoms in total. The first-order valence-electron chi connectivity index (χ1n) is 10.7. The first kappa shape index (κ1) is 24.1. The van der Waals surface area contributed by atoms with Crippen LogP contribution in [0.15, 0.2) is 78.4 Å². The second-order valence-corrected chi connectivity index (χ2v) is 7.28. The number of amides is 2. The van der Waals surface area contributed by atoms with E-state index in [-0.39, 0.29) is 18.1 Å². The minimum atomic E-state index is -0.514. The van der Waals surface area contributed by atoms with Crippen LogP contribution in [0.5, 0.6) is 11.5 Å². The maximum absolute atomic E-state index is 12.5. The number of ether oxygens (including phenoxy) is 2. The molecule has 3 aromatic carbocycles. The van der Waals surface area contributed by atoms with Gasteiger partial charge in [-0.25, -0.2) is 0 Å². The molecule has 0 aromatic heterocycles. The quantitative estimate of drug-likeness (QED) is 0.351. The Hall–Kier alpha value is -4.57. The van der Waals surface area contributed by atoms with E-state index in [4.69, 9.17) is 9.47 Å². The first-order valence-corrected chi connectivity index (χ1v) is 10.7. The predicted molar refractivity (Wildman–Crippen MR) is 132 cm³/mol. The van der Waals surface area contributed by atoms with E-state index in [9.17, 15) is 14.9 Å². The Morgan fingerprint density at radius 1 is 0.941 bits per heavy atom. The summed E-state index contributed by atoms with van der Waals surface area (Å²) in [6.45, 7) is 3.90. The van der Waals surface area contributed by atoms with E-state index in [1.165, 1.54) is 6.08 Å². The van der Waals surface area contributed by atoms with Crippen LogP contribution in [0.25, 0.3) is 6.08 Å². The van der Waals surface area contributed by atoms with Crippen molar-refractivity contribution in [2.45, 2.75) is 13.8 Å². The van der Waals surface area contributed by atoms with Crippen molar-refractivity contribution < 1.29 is 19.1 Å². The summed E-state index contributed by atoms with van der Waals surface area (Å²) in [5, 5.41) is 15.0. The summed E-state index contributed by atoms with van der Waals surface area (Å²) in [7, 11) is 0. The molecule has 0 atom stereocenters. The fourth-order valence-corrected chi connectivity index (χ4v) is 3.08. The number of aryl methyl sites for hydroxylation is 1. The fraction of sp³-hybridized carbons (Fsp3) is 0.148. The molecule has 0 spiro atoms. The molecule has 0 aliphatic rings. The highest BCUT2D eigenvalue weighted by molar-refractivity contribution is 6.09. The average molecular weight is 456 g/mol. The topological polar surface area (TPSA) is 100 Å². The number of benzene rings is 3. The molecule has 34 heavy (non-hydrogen) atoms. The minimum absolute atomic E-state index is 0.0578. The molecule has 0 aliphatic heterocycles. The normalized spacial score (nSPS) is 10.7. The Balaban J connectivity index is 1.71. The number of carbonyl (C=O) groups excluding carboxylic acids is 2. The third kappa shape index (κ3) is 6.71. The molecule has 172 valence electrons. The van der Waals surface area contributed by atoms with E-state index in [0.29, 0.717) is 29.4 Å². The van der Waals surface area contributed by atoms with Crippen molar-refractivity contribution >= 4 is 29.3 Å². The summed E-state index contributed by atoms with van der Waals surface area (Å²) in [5.74, 6) is -0.0307. The Morgan fingerprint density at radius 3 is 2.38 bits per heavy atom. The van der Waals surface area contributed by atoms with Crippen molar-refractivity contribution in [3.05, 3.63) is 89.5 Å². The lowest BCUT2D eigenvalue weighted by atomic mass is 10.1. The van der Waals surface area contributed by atoms with Crippen LogP contribution in [0.2, 0.25) is 0 Å². The predicted octanol–water partition coefficient (Wildman–Crippen LogP) is 4.96. The van der Waals surface area contributed by atoms with Gasteiger partial charge < -0.3 is 20.1 Å². The van der Waals surface area contributed by atoms with Gasteiger partial charge in [0.05, 0.1) is 6.61 Å². The van der Waals surface area contributed by atoms with Gasteiger partial charge >= 0.3 is 0 Å². The van der Waals surface area contributed by atoms with Crippen LogP contribution in [0, 0.1) is 18.3 Å². The Labute approximate surface area is 198 Å². The van der Waals surface area contributed by atoms with Gasteiger partial charge in [-0.2, -0.15) is 5.26 Å². The van der Waals surface area contributed by atoms with Gasteiger partial charge in [0, 0.05) is 11.4 Å². The molecule has 0 radical (unpaired) electrons. The van der Waals surface area contributed by atoms with Crippen LogP contribution in [0.3, 0.4) is 0 Å². The number of carbonyl (C=O) groups is 2. The molecule has 2 N–H and O–H groups in total. The largest absolute Gasteiger partial charge is 0.490 e. The zero-order valence-corrected chi connectivity index (χ0v) is 19.0. The van der Waals surface area contributed by atoms with Crippen molar-refractivity contribution in [2.24, 2.45) is 0 Å². The molecule has 0 aliphatic carbocycles. The van der Waals surface area contributed by atoms with Crippen molar-refractivity contribution in [1.29, 1.82) is 5.26 Å². The summed E-state index contributed by atoms with van der Waals surface area (Å²) >= 11 is 0. The van der Waals surface area contributed by atoms with Crippen LogP contribution in [0.1, 0.15) is 18.1 Å². The molecule has 3 aromatic rings. The second kappa shape index (κ2) is 11.9. The molecule has 0 unspecified atom stereocenters. The number of nitriles is 1. The average Bonchev–Trinajstić information content (AvgIpc) is 2.84. The standard InChI is InChI=1S/C27H25N3O4/c1-3-33-25-16-20(15-21(17-28)27(32)29-22-10-5-4-6-11-22)13-14-24(25)34-18-26(31)30-23-12-8-7-9-19(23)2/h4-16H,3,18H2,1-2H3,(H,29,32)(H,30,31)/b21-15-. The first-order chi connectivity index (χ1) is 16.5. The van der Waals surface area contributed by atoms with Crippen LogP contribution < -0.4 is 20.1 Å². The van der Waals surface area contributed by atoms with E-state index in [2.05, 4.69) is 10.6 Å². The summed E-state index contributed by atoms with van der Waals surface area (Å²) in [4.78, 5) is 24.8. The van der Waals surface area contributed by atoms with Crippen molar-refractivity contribution in [3.8, 4) is 17.6 Å². The number of nitrogens with one attached hydrogen (secondary N) is 2. The highest BCUT2D eigenvalue weighted by atomic mass is 16.5. The van der Waals surface area contributed by atoms with Crippen molar-refractivity contribution in [3.63, 3.8) is 0 Å². The summed E-state index contributed by atoms with van der Waals surface area (Å²) in [6, 6.07) is 23.3. The van der Waals surface area contributed by atoms with Gasteiger partial charge in [0.25, 0.3) is 11.8 Å². The molecule has 0 saturated carbocycles. The van der Waals surface area contributed by atoms with Gasteiger partial charge in [0.15, 0.2) is 18.1 Å². The molecule has 0 fully saturated rings. The number of anilines is 2. The lowest BCUT2D eigenvalue weighted by Gasteiger charge is -2.13. The number of para-hydroxylation sites is 2. The van der Waals surface area contributed by atoms with Gasteiger partial charge in [0.1, 0.15) is 11.6 Å². The van der Waals surface area contributed by atoms with E-state index in [0.717, 1.165) is 11.3 Å². The van der Waals surface area contributed by atoms with Crippen molar-refractivity contribution in [2.75, 3.05) is 23.8 Å². The third-order valence-corrected chi connectivity index (χ3v) is 4.75. The Morgan fingerprint density at radius 2 is 1.68 bits per heavy atom. The minimum Gasteiger partial charge on any atom is -0.490 e. The molecule has 0 heterocycles. The van der Waals surface area contributed by atoms with Gasteiger partial charge in [-0.15, -0.1) is 0 Å². The SMILES string of the molecule is CCOc1cc(/C=C(/C#N)C(=O)Nc2ccccc2)ccc1OCC(=O)Nc1ccccc1C. The van der Waals surface area contributed by atoms with Gasteiger partial charge in [-0.05, 0) is 61.4 Å². The molecule has 2 amide bonds. The second-order valence-electron chi connectivity index (χ2n) is 7.28. The lowest BCUT2D eigenvalue weighted by molar-refractivity contribution is -0.118. The zero-order chi connectivity index (χ0) is 24.3. The Kier molecular flexibility index (Phi) is 8.42. The monoisotopic (exact) mass is 455 g/mol. The zero-order valence-electron chi connectivity index (χ0n) is 19.0.